The third-order valence-corrected chi connectivity index (χ3v) is 6.48. The van der Waals surface area contributed by atoms with Crippen LogP contribution in [0.3, 0.4) is 0 Å². The molecule has 28 heavy (non-hydrogen) atoms. The molecular formula is C19H18ClN3O3S2. The molecule has 1 heterocycles. The fourth-order valence-electron chi connectivity index (χ4n) is 2.36. The number of rotatable bonds is 7. The highest BCUT2D eigenvalue weighted by Gasteiger charge is 2.14. The quantitative estimate of drug-likeness (QED) is 0.556. The Morgan fingerprint density at radius 3 is 2.43 bits per heavy atom. The SMILES string of the molecule is Cc1ccc(S(=O)(=O)NCCNC(=O)c2csc(-c3ccc(Cl)cc3)n2)cc1. The summed E-state index contributed by atoms with van der Waals surface area (Å²) in [7, 11) is -3.60. The van der Waals surface area contributed by atoms with Crippen LogP contribution in [0.2, 0.25) is 5.02 Å². The highest BCUT2D eigenvalue weighted by molar-refractivity contribution is 7.89. The van der Waals surface area contributed by atoms with Crippen molar-refractivity contribution < 1.29 is 13.2 Å². The average molecular weight is 436 g/mol. The van der Waals surface area contributed by atoms with Gasteiger partial charge >= 0.3 is 0 Å². The number of benzene rings is 2. The lowest BCUT2D eigenvalue weighted by Crippen LogP contribution is -2.34. The van der Waals surface area contributed by atoms with Gasteiger partial charge in [-0.2, -0.15) is 0 Å². The minimum atomic E-state index is -3.60. The van der Waals surface area contributed by atoms with Gasteiger partial charge in [0.1, 0.15) is 10.7 Å². The van der Waals surface area contributed by atoms with Crippen LogP contribution in [-0.2, 0) is 10.0 Å². The topological polar surface area (TPSA) is 88.2 Å². The van der Waals surface area contributed by atoms with E-state index >= 15 is 0 Å². The van der Waals surface area contributed by atoms with Crippen LogP contribution in [0, 0.1) is 6.92 Å². The number of aromatic nitrogens is 1. The second-order valence-corrected chi connectivity index (χ2v) is 9.07. The van der Waals surface area contributed by atoms with E-state index in [-0.39, 0.29) is 29.6 Å². The van der Waals surface area contributed by atoms with E-state index in [0.717, 1.165) is 11.1 Å². The van der Waals surface area contributed by atoms with Crippen molar-refractivity contribution in [3.63, 3.8) is 0 Å². The molecule has 0 unspecified atom stereocenters. The number of hydrogen-bond acceptors (Lipinski definition) is 5. The first-order valence-corrected chi connectivity index (χ1v) is 11.2. The van der Waals surface area contributed by atoms with Crippen molar-refractivity contribution >= 4 is 38.9 Å². The van der Waals surface area contributed by atoms with Crippen molar-refractivity contribution in [3.05, 3.63) is 70.2 Å². The van der Waals surface area contributed by atoms with Gasteiger partial charge in [0.25, 0.3) is 5.91 Å². The number of nitrogens with one attached hydrogen (secondary N) is 2. The normalized spacial score (nSPS) is 11.4. The number of halogens is 1. The van der Waals surface area contributed by atoms with Gasteiger partial charge in [0, 0.05) is 29.1 Å². The third kappa shape index (κ3) is 5.17. The van der Waals surface area contributed by atoms with Gasteiger partial charge in [-0.05, 0) is 31.2 Å². The van der Waals surface area contributed by atoms with Crippen molar-refractivity contribution in [2.45, 2.75) is 11.8 Å². The molecule has 9 heteroatoms. The maximum Gasteiger partial charge on any atom is 0.270 e. The largest absolute Gasteiger partial charge is 0.349 e. The van der Waals surface area contributed by atoms with Crippen LogP contribution >= 0.6 is 22.9 Å². The first-order valence-electron chi connectivity index (χ1n) is 8.41. The predicted molar refractivity (Wildman–Crippen MR) is 111 cm³/mol. The molecule has 1 aromatic heterocycles. The Bertz CT molecular complexity index is 1060. The maximum atomic E-state index is 12.2. The highest BCUT2D eigenvalue weighted by atomic mass is 35.5. The number of sulfonamides is 1. The lowest BCUT2D eigenvalue weighted by molar-refractivity contribution is 0.0950. The molecule has 6 nitrogen and oxygen atoms in total. The van der Waals surface area contributed by atoms with E-state index in [1.54, 1.807) is 41.8 Å². The van der Waals surface area contributed by atoms with Crippen molar-refractivity contribution in [1.29, 1.82) is 0 Å². The minimum absolute atomic E-state index is 0.0795. The summed E-state index contributed by atoms with van der Waals surface area (Å²) >= 11 is 7.23. The van der Waals surface area contributed by atoms with Crippen molar-refractivity contribution in [1.82, 2.24) is 15.0 Å². The van der Waals surface area contributed by atoms with E-state index in [9.17, 15) is 13.2 Å². The van der Waals surface area contributed by atoms with Gasteiger partial charge in [0.2, 0.25) is 10.0 Å². The van der Waals surface area contributed by atoms with E-state index in [2.05, 4.69) is 15.0 Å². The molecule has 2 aromatic carbocycles. The monoisotopic (exact) mass is 435 g/mol. The molecule has 0 radical (unpaired) electrons. The van der Waals surface area contributed by atoms with E-state index in [0.29, 0.717) is 10.0 Å². The maximum absolute atomic E-state index is 12.2. The molecule has 0 saturated heterocycles. The number of amides is 1. The Morgan fingerprint density at radius 2 is 1.75 bits per heavy atom. The number of carbonyl (C=O) groups excluding carboxylic acids is 1. The first kappa shape index (κ1) is 20.5. The molecule has 0 spiro atoms. The van der Waals surface area contributed by atoms with E-state index < -0.39 is 10.0 Å². The molecule has 146 valence electrons. The number of thiazole rings is 1. The Balaban J connectivity index is 1.52. The van der Waals surface area contributed by atoms with Crippen LogP contribution in [0.25, 0.3) is 10.6 Å². The lowest BCUT2D eigenvalue weighted by atomic mass is 10.2. The van der Waals surface area contributed by atoms with Crippen LogP contribution in [-0.4, -0.2) is 32.4 Å². The van der Waals surface area contributed by atoms with Crippen molar-refractivity contribution in [2.75, 3.05) is 13.1 Å². The summed E-state index contributed by atoms with van der Waals surface area (Å²) in [5.74, 6) is -0.356. The van der Waals surface area contributed by atoms with Crippen LogP contribution < -0.4 is 10.0 Å². The molecule has 2 N–H and O–H groups in total. The zero-order valence-electron chi connectivity index (χ0n) is 15.0. The molecule has 1 amide bonds. The van der Waals surface area contributed by atoms with Gasteiger partial charge in [-0.25, -0.2) is 18.1 Å². The second-order valence-electron chi connectivity index (χ2n) is 6.01. The predicted octanol–water partition coefficient (Wildman–Crippen LogP) is 3.48. The van der Waals surface area contributed by atoms with E-state index in [1.807, 2.05) is 19.1 Å². The molecule has 0 aliphatic rings. The summed E-state index contributed by atoms with van der Waals surface area (Å²) in [6, 6.07) is 13.8. The van der Waals surface area contributed by atoms with Crippen LogP contribution in [0.4, 0.5) is 0 Å². The Morgan fingerprint density at radius 1 is 1.07 bits per heavy atom. The average Bonchev–Trinajstić information content (AvgIpc) is 3.16. The Kier molecular flexibility index (Phi) is 6.46. The van der Waals surface area contributed by atoms with E-state index in [4.69, 9.17) is 11.6 Å². The first-order chi connectivity index (χ1) is 13.3. The summed E-state index contributed by atoms with van der Waals surface area (Å²) in [5, 5.41) is 5.67. The molecule has 3 rings (SSSR count). The van der Waals surface area contributed by atoms with Gasteiger partial charge in [0.15, 0.2) is 0 Å². The second kappa shape index (κ2) is 8.83. The van der Waals surface area contributed by atoms with Gasteiger partial charge in [-0.1, -0.05) is 41.4 Å². The lowest BCUT2D eigenvalue weighted by Gasteiger charge is -2.07. The zero-order valence-corrected chi connectivity index (χ0v) is 17.4. The van der Waals surface area contributed by atoms with Crippen LogP contribution in [0.5, 0.6) is 0 Å². The summed E-state index contributed by atoms with van der Waals surface area (Å²) in [5.41, 5.74) is 2.14. The van der Waals surface area contributed by atoms with Crippen LogP contribution in [0.15, 0.2) is 58.8 Å². The standard InChI is InChI=1S/C19H18ClN3O3S2/c1-13-2-8-16(9-3-13)28(25,26)22-11-10-21-18(24)17-12-27-19(23-17)14-4-6-15(20)7-5-14/h2-9,12,22H,10-11H2,1H3,(H,21,24). The molecule has 0 aliphatic carbocycles. The summed E-state index contributed by atoms with van der Waals surface area (Å²) < 4.78 is 26.9. The van der Waals surface area contributed by atoms with Gasteiger partial charge in [0.05, 0.1) is 4.90 Å². The fraction of sp³-hybridized carbons (Fsp3) is 0.158. The number of carbonyl (C=O) groups is 1. The van der Waals surface area contributed by atoms with Gasteiger partial charge in [-0.3, -0.25) is 4.79 Å². The smallest absolute Gasteiger partial charge is 0.270 e. The van der Waals surface area contributed by atoms with E-state index in [1.165, 1.54) is 11.3 Å². The molecule has 0 bridgehead atoms. The molecule has 0 saturated carbocycles. The Hall–Kier alpha value is -2.26. The molecule has 0 fully saturated rings. The Labute approximate surface area is 172 Å². The number of hydrogen-bond donors (Lipinski definition) is 2. The summed E-state index contributed by atoms with van der Waals surface area (Å²) in [4.78, 5) is 16.7. The van der Waals surface area contributed by atoms with Crippen LogP contribution in [0.1, 0.15) is 16.1 Å². The van der Waals surface area contributed by atoms with Gasteiger partial charge < -0.3 is 5.32 Å². The molecule has 0 aliphatic heterocycles. The zero-order chi connectivity index (χ0) is 20.1. The minimum Gasteiger partial charge on any atom is -0.349 e. The summed E-state index contributed by atoms with van der Waals surface area (Å²) in [6.07, 6.45) is 0. The number of nitrogens with zero attached hydrogens (tertiary/aromatic N) is 1. The van der Waals surface area contributed by atoms with Crippen molar-refractivity contribution in [3.8, 4) is 10.6 Å². The fourth-order valence-corrected chi connectivity index (χ4v) is 4.32. The molecular weight excluding hydrogens is 418 g/mol. The third-order valence-electron chi connectivity index (χ3n) is 3.86. The number of aryl methyl sites for hydroxylation is 1. The molecule has 0 atom stereocenters. The summed E-state index contributed by atoms with van der Waals surface area (Å²) in [6.45, 7) is 2.12. The van der Waals surface area contributed by atoms with Crippen molar-refractivity contribution in [2.24, 2.45) is 0 Å². The molecule has 3 aromatic rings. The van der Waals surface area contributed by atoms with Gasteiger partial charge in [-0.15, -0.1) is 11.3 Å². The highest BCUT2D eigenvalue weighted by Crippen LogP contribution is 2.25.